The molecule has 0 bridgehead atoms. The molecule has 2 atom stereocenters. The Morgan fingerprint density at radius 3 is 1.34 bits per heavy atom. The van der Waals surface area contributed by atoms with E-state index in [1.807, 2.05) is 36.4 Å². The van der Waals surface area contributed by atoms with Crippen molar-refractivity contribution in [3.8, 4) is 11.5 Å². The summed E-state index contributed by atoms with van der Waals surface area (Å²) in [5, 5.41) is 0. The van der Waals surface area contributed by atoms with Crippen LogP contribution in [0.4, 0.5) is 0 Å². The minimum absolute atomic E-state index is 0. The Hall–Kier alpha value is -0.846. The van der Waals surface area contributed by atoms with Gasteiger partial charge in [-0.2, -0.15) is 0 Å². The van der Waals surface area contributed by atoms with Gasteiger partial charge in [0.1, 0.15) is 11.5 Å². The van der Waals surface area contributed by atoms with Crippen molar-refractivity contribution in [1.82, 2.24) is 0 Å². The van der Waals surface area contributed by atoms with Gasteiger partial charge in [-0.3, -0.25) is 0 Å². The summed E-state index contributed by atoms with van der Waals surface area (Å²) in [6.45, 7) is 8.62. The first-order valence-electron chi connectivity index (χ1n) is 9.25. The van der Waals surface area contributed by atoms with Gasteiger partial charge in [0.25, 0.3) is 0 Å². The van der Waals surface area contributed by atoms with Gasteiger partial charge in [-0.05, 0) is 47.9 Å². The molecule has 0 aliphatic carbocycles. The fraction of sp³-hybridized carbons (Fsp3) is 0.364. The standard InChI is InChI=1S/2C11H14OS2.Ni/c2*1-3-8(2)9-6-4-5-7-10(9)12-11(13)14;/h2*4-8H,3H2,1-2H3,(H,13,14);/q;;+2/p-2. The summed E-state index contributed by atoms with van der Waals surface area (Å²) in [6, 6.07) is 15.8. The van der Waals surface area contributed by atoms with Crippen molar-refractivity contribution >= 4 is 58.5 Å². The summed E-state index contributed by atoms with van der Waals surface area (Å²) in [5.41, 5.74) is 2.34. The quantitative estimate of drug-likeness (QED) is 0.240. The summed E-state index contributed by atoms with van der Waals surface area (Å²) in [7, 11) is 0. The van der Waals surface area contributed by atoms with E-state index >= 15 is 0 Å². The van der Waals surface area contributed by atoms with Crippen LogP contribution in [0, 0.1) is 0 Å². The molecule has 0 aromatic heterocycles. The molecule has 7 heteroatoms. The zero-order chi connectivity index (χ0) is 21.1. The number of thiocarbonyl (C=S) groups is 2. The van der Waals surface area contributed by atoms with E-state index in [1.54, 1.807) is 0 Å². The molecule has 0 spiro atoms. The molecule has 0 amide bonds. The molecule has 0 aliphatic rings. The van der Waals surface area contributed by atoms with Gasteiger partial charge in [0.2, 0.25) is 0 Å². The molecule has 2 rings (SSSR count). The Labute approximate surface area is 206 Å². The Balaban J connectivity index is 0.000000523. The van der Waals surface area contributed by atoms with Crippen LogP contribution >= 0.6 is 24.4 Å². The summed E-state index contributed by atoms with van der Waals surface area (Å²) in [6.07, 6.45) is 2.15. The van der Waals surface area contributed by atoms with Crippen LogP contribution < -0.4 is 9.47 Å². The molecular formula is C22H26NiO2S4. The summed E-state index contributed by atoms with van der Waals surface area (Å²) in [4.78, 5) is 0. The van der Waals surface area contributed by atoms with E-state index in [0.29, 0.717) is 11.8 Å². The van der Waals surface area contributed by atoms with E-state index in [2.05, 4.69) is 39.8 Å². The average Bonchev–Trinajstić information content (AvgIpc) is 2.67. The summed E-state index contributed by atoms with van der Waals surface area (Å²) >= 11 is 19.0. The maximum absolute atomic E-state index is 5.31. The van der Waals surface area contributed by atoms with E-state index in [0.717, 1.165) is 24.3 Å². The van der Waals surface area contributed by atoms with Gasteiger partial charge >= 0.3 is 16.5 Å². The van der Waals surface area contributed by atoms with Crippen LogP contribution in [-0.4, -0.2) is 8.77 Å². The number of ether oxygens (including phenoxy) is 2. The molecule has 0 saturated heterocycles. The van der Waals surface area contributed by atoms with Gasteiger partial charge in [0.05, 0.1) is 0 Å². The Bertz CT molecular complexity index is 717. The summed E-state index contributed by atoms with van der Waals surface area (Å²) in [5.74, 6) is 2.52. The van der Waals surface area contributed by atoms with Gasteiger partial charge in [0, 0.05) is 8.77 Å². The van der Waals surface area contributed by atoms with Crippen molar-refractivity contribution in [2.75, 3.05) is 0 Å². The third kappa shape index (κ3) is 10.1. The second-order valence-corrected chi connectivity index (χ2v) is 8.40. The summed E-state index contributed by atoms with van der Waals surface area (Å²) < 4.78 is 10.9. The number of para-hydroxylation sites is 2. The van der Waals surface area contributed by atoms with Crippen LogP contribution in [0.1, 0.15) is 63.5 Å². The molecule has 0 heterocycles. The van der Waals surface area contributed by atoms with Gasteiger partial charge in [-0.1, -0.05) is 64.1 Å². The second kappa shape index (κ2) is 15.0. The van der Waals surface area contributed by atoms with Gasteiger partial charge in [-0.25, -0.2) is 0 Å². The fourth-order valence-electron chi connectivity index (χ4n) is 2.58. The van der Waals surface area contributed by atoms with E-state index in [4.69, 9.17) is 59.2 Å². The third-order valence-corrected chi connectivity index (χ3v) is 4.84. The predicted octanol–water partition coefficient (Wildman–Crippen LogP) is 6.82. The van der Waals surface area contributed by atoms with Gasteiger partial charge in [0.15, 0.2) is 0 Å². The number of hydrogen-bond acceptors (Lipinski definition) is 6. The van der Waals surface area contributed by atoms with Crippen LogP contribution in [0.25, 0.3) is 0 Å². The first-order chi connectivity index (χ1) is 13.3. The van der Waals surface area contributed by atoms with E-state index in [-0.39, 0.29) is 25.3 Å². The molecule has 29 heavy (non-hydrogen) atoms. The minimum Gasteiger partial charge on any atom is -0.477 e. The largest absolute Gasteiger partial charge is 2.00 e. The van der Waals surface area contributed by atoms with Crippen molar-refractivity contribution in [1.29, 1.82) is 0 Å². The van der Waals surface area contributed by atoms with Gasteiger partial charge in [-0.15, -0.1) is 0 Å². The number of hydrogen-bond donors (Lipinski definition) is 0. The average molecular weight is 509 g/mol. The molecule has 2 nitrogen and oxygen atoms in total. The van der Waals surface area contributed by atoms with Crippen molar-refractivity contribution in [2.45, 2.75) is 52.4 Å². The molecule has 2 aromatic rings. The molecule has 160 valence electrons. The smallest absolute Gasteiger partial charge is 0.477 e. The topological polar surface area (TPSA) is 18.5 Å². The van der Waals surface area contributed by atoms with Crippen LogP contribution in [0.5, 0.6) is 11.5 Å². The molecule has 0 radical (unpaired) electrons. The van der Waals surface area contributed by atoms with E-state index in [1.165, 1.54) is 11.1 Å². The normalized spacial score (nSPS) is 11.7. The van der Waals surface area contributed by atoms with Crippen molar-refractivity contribution in [3.05, 3.63) is 59.7 Å². The Kier molecular flexibility index (Phi) is 14.6. The molecular weight excluding hydrogens is 483 g/mol. The number of rotatable bonds is 6. The Morgan fingerprint density at radius 1 is 0.759 bits per heavy atom. The SMILES string of the molecule is CCC(C)c1ccccc1OC(=S)[S-].CCC(C)c1ccccc1OC(=S)[S-].[Ni+2]. The monoisotopic (exact) mass is 508 g/mol. The van der Waals surface area contributed by atoms with E-state index in [9.17, 15) is 0 Å². The van der Waals surface area contributed by atoms with Crippen LogP contribution in [0.15, 0.2) is 48.5 Å². The second-order valence-electron chi connectivity index (χ2n) is 6.40. The Morgan fingerprint density at radius 2 is 1.07 bits per heavy atom. The molecule has 0 fully saturated rings. The zero-order valence-corrected chi connectivity index (χ0v) is 21.2. The minimum atomic E-state index is 0. The maximum Gasteiger partial charge on any atom is 2.00 e. The molecule has 0 saturated carbocycles. The van der Waals surface area contributed by atoms with Crippen LogP contribution in [-0.2, 0) is 41.7 Å². The van der Waals surface area contributed by atoms with Crippen molar-refractivity contribution in [3.63, 3.8) is 0 Å². The molecule has 0 aliphatic heterocycles. The maximum atomic E-state index is 5.31. The first kappa shape index (κ1) is 28.2. The zero-order valence-electron chi connectivity index (χ0n) is 17.0. The number of benzene rings is 2. The van der Waals surface area contributed by atoms with E-state index < -0.39 is 0 Å². The fourth-order valence-corrected chi connectivity index (χ4v) is 2.94. The molecule has 2 unspecified atom stereocenters. The van der Waals surface area contributed by atoms with Crippen molar-refractivity contribution < 1.29 is 26.0 Å². The van der Waals surface area contributed by atoms with Crippen LogP contribution in [0.3, 0.4) is 0 Å². The third-order valence-electron chi connectivity index (χ3n) is 4.51. The predicted molar refractivity (Wildman–Crippen MR) is 131 cm³/mol. The molecule has 0 N–H and O–H groups in total. The molecule has 2 aromatic carbocycles. The van der Waals surface area contributed by atoms with Gasteiger partial charge < -0.3 is 59.2 Å². The first-order valence-corrected chi connectivity index (χ1v) is 10.9. The van der Waals surface area contributed by atoms with Crippen molar-refractivity contribution in [2.24, 2.45) is 0 Å². The van der Waals surface area contributed by atoms with Crippen LogP contribution in [0.2, 0.25) is 0 Å².